The number of nitriles is 1. The van der Waals surface area contributed by atoms with Crippen molar-refractivity contribution in [2.24, 2.45) is 0 Å². The molecule has 0 radical (unpaired) electrons. The lowest BCUT2D eigenvalue weighted by atomic mass is 9.79. The molecule has 1 aliphatic rings. The molecule has 1 aromatic carbocycles. The van der Waals surface area contributed by atoms with E-state index in [4.69, 9.17) is 4.74 Å². The van der Waals surface area contributed by atoms with Gasteiger partial charge < -0.3 is 15.0 Å². The maximum Gasteiger partial charge on any atom is 0.298 e. The summed E-state index contributed by atoms with van der Waals surface area (Å²) < 4.78 is 6.83. The summed E-state index contributed by atoms with van der Waals surface area (Å²) in [6, 6.07) is 9.31. The highest BCUT2D eigenvalue weighted by atomic mass is 16.5. The lowest BCUT2D eigenvalue weighted by Gasteiger charge is -2.48. The fourth-order valence-corrected chi connectivity index (χ4v) is 5.44. The van der Waals surface area contributed by atoms with Crippen molar-refractivity contribution < 1.29 is 9.53 Å². The van der Waals surface area contributed by atoms with Gasteiger partial charge in [0, 0.05) is 47.7 Å². The summed E-state index contributed by atoms with van der Waals surface area (Å²) in [4.78, 5) is 22.1. The smallest absolute Gasteiger partial charge is 0.298 e. The molecule has 1 fully saturated rings. The molecule has 5 rings (SSSR count). The van der Waals surface area contributed by atoms with E-state index in [0.29, 0.717) is 46.1 Å². The third-order valence-electron chi connectivity index (χ3n) is 6.79. The average Bonchev–Trinajstić information content (AvgIpc) is 3.35. The molecule has 0 aliphatic carbocycles. The molecule has 3 aromatic heterocycles. The molecule has 4 aromatic rings. The van der Waals surface area contributed by atoms with Crippen molar-refractivity contribution in [2.45, 2.75) is 57.7 Å². The van der Waals surface area contributed by atoms with Crippen LogP contribution in [-0.2, 0) is 4.79 Å². The molecule has 1 N–H and O–H groups in total. The first kappa shape index (κ1) is 25.2. The van der Waals surface area contributed by atoms with E-state index < -0.39 is 0 Å². The molecule has 11 nitrogen and oxygen atoms in total. The first-order chi connectivity index (χ1) is 18.1. The van der Waals surface area contributed by atoms with Crippen LogP contribution in [0, 0.1) is 11.3 Å². The van der Waals surface area contributed by atoms with Gasteiger partial charge >= 0.3 is 0 Å². The van der Waals surface area contributed by atoms with E-state index in [1.807, 2.05) is 13.1 Å². The van der Waals surface area contributed by atoms with Crippen molar-refractivity contribution in [3.8, 4) is 34.3 Å². The highest BCUT2D eigenvalue weighted by Gasteiger charge is 2.39. The van der Waals surface area contributed by atoms with Gasteiger partial charge in [0.15, 0.2) is 5.65 Å². The average molecular weight is 512 g/mol. The van der Waals surface area contributed by atoms with Crippen molar-refractivity contribution in [2.75, 3.05) is 11.9 Å². The van der Waals surface area contributed by atoms with Gasteiger partial charge in [0.1, 0.15) is 17.5 Å². The summed E-state index contributed by atoms with van der Waals surface area (Å²) in [6.07, 6.45) is 6.78. The minimum Gasteiger partial charge on any atom is -0.428 e. The van der Waals surface area contributed by atoms with Crippen LogP contribution in [0.1, 0.15) is 46.1 Å². The van der Waals surface area contributed by atoms with E-state index in [1.54, 1.807) is 36.8 Å². The number of hydrogen-bond acceptors (Lipinski definition) is 10. The third kappa shape index (κ3) is 4.90. The second-order valence-electron chi connectivity index (χ2n) is 10.9. The van der Waals surface area contributed by atoms with Crippen LogP contribution in [0.25, 0.3) is 28.2 Å². The van der Waals surface area contributed by atoms with Gasteiger partial charge in [-0.05, 0) is 58.7 Å². The number of carbonyl (C=O) groups is 1. The number of ether oxygens (including phenoxy) is 1. The Morgan fingerprint density at radius 2 is 1.89 bits per heavy atom. The number of hydrogen-bond donors (Lipinski definition) is 1. The molecular weight excluding hydrogens is 482 g/mol. The number of imidazole rings is 1. The largest absolute Gasteiger partial charge is 0.428 e. The Morgan fingerprint density at radius 3 is 2.55 bits per heavy atom. The zero-order chi connectivity index (χ0) is 27.1. The molecule has 1 saturated heterocycles. The topological polar surface area (TPSA) is 134 Å². The van der Waals surface area contributed by atoms with E-state index in [2.05, 4.69) is 69.2 Å². The minimum absolute atomic E-state index is 0.0118. The fraction of sp³-hybridized carbons (Fsp3) is 0.370. The molecule has 0 spiro atoms. The lowest BCUT2D eigenvalue weighted by molar-refractivity contribution is -0.120. The van der Waals surface area contributed by atoms with E-state index in [1.165, 1.54) is 4.52 Å². The molecular formula is C27H29N9O2. The number of nitrogens with zero attached hydrogens (tertiary/aromatic N) is 8. The lowest BCUT2D eigenvalue weighted by Crippen LogP contribution is -2.62. The summed E-state index contributed by atoms with van der Waals surface area (Å²) in [5.74, 6) is 0.811. The van der Waals surface area contributed by atoms with Crippen molar-refractivity contribution in [1.82, 2.24) is 35.1 Å². The quantitative estimate of drug-likeness (QED) is 0.384. The molecule has 0 bridgehead atoms. The van der Waals surface area contributed by atoms with E-state index in [0.717, 1.165) is 12.8 Å². The monoisotopic (exact) mass is 511 g/mol. The van der Waals surface area contributed by atoms with Crippen molar-refractivity contribution in [3.63, 3.8) is 0 Å². The Hall–Kier alpha value is -4.43. The Bertz CT molecular complexity index is 1520. The van der Waals surface area contributed by atoms with Crippen LogP contribution in [0.4, 0.5) is 5.95 Å². The van der Waals surface area contributed by atoms with Crippen molar-refractivity contribution >= 4 is 18.1 Å². The van der Waals surface area contributed by atoms with Gasteiger partial charge in [0.05, 0.1) is 17.5 Å². The predicted octanol–water partition coefficient (Wildman–Crippen LogP) is 3.40. The SMILES string of the molecule is CN(c1ncc(-c2ccc(-c3cc(C#N)c4nccn4n3)cc2OC=O)nn1)C1CC(C)(C)NC(C)(C)C1. The van der Waals surface area contributed by atoms with E-state index >= 15 is 0 Å². The molecule has 0 unspecified atom stereocenters. The number of aromatic nitrogens is 6. The molecule has 0 saturated carbocycles. The van der Waals surface area contributed by atoms with Crippen molar-refractivity contribution in [1.29, 1.82) is 5.26 Å². The Kier molecular flexibility index (Phi) is 6.28. The molecule has 194 valence electrons. The molecule has 0 atom stereocenters. The van der Waals surface area contributed by atoms with E-state index in [9.17, 15) is 10.1 Å². The third-order valence-corrected chi connectivity index (χ3v) is 6.79. The maximum atomic E-state index is 11.3. The first-order valence-electron chi connectivity index (χ1n) is 12.3. The van der Waals surface area contributed by atoms with Crippen LogP contribution in [0.3, 0.4) is 0 Å². The van der Waals surface area contributed by atoms with Crippen molar-refractivity contribution in [3.05, 3.63) is 48.4 Å². The number of piperidine rings is 1. The zero-order valence-electron chi connectivity index (χ0n) is 22.0. The maximum absolute atomic E-state index is 11.3. The van der Waals surface area contributed by atoms with Gasteiger partial charge in [-0.3, -0.25) is 4.79 Å². The molecule has 0 amide bonds. The molecule has 38 heavy (non-hydrogen) atoms. The normalized spacial score (nSPS) is 16.6. The highest BCUT2D eigenvalue weighted by molar-refractivity contribution is 5.75. The Labute approximate surface area is 220 Å². The van der Waals surface area contributed by atoms with Gasteiger partial charge in [-0.15, -0.1) is 10.2 Å². The van der Waals surface area contributed by atoms with Crippen LogP contribution in [0.2, 0.25) is 0 Å². The predicted molar refractivity (Wildman–Crippen MR) is 141 cm³/mol. The number of anilines is 1. The standard InChI is InChI=1S/C27H29N9O2/c1-26(2)12-19(13-27(3,4)34-26)35(5)25-30-15-22(31-32-25)20-7-6-17(11-23(20)38-16-37)21-10-18(14-28)24-29-8-9-36(24)33-21/h6-11,15-16,19,34H,12-13H2,1-5H3. The number of rotatable bonds is 6. The second-order valence-corrected chi connectivity index (χ2v) is 10.9. The summed E-state index contributed by atoms with van der Waals surface area (Å²) in [6.45, 7) is 9.19. The summed E-state index contributed by atoms with van der Waals surface area (Å²) in [5.41, 5.74) is 3.05. The van der Waals surface area contributed by atoms with Gasteiger partial charge in [-0.1, -0.05) is 6.07 Å². The van der Waals surface area contributed by atoms with Gasteiger partial charge in [-0.25, -0.2) is 14.5 Å². The molecule has 1 aliphatic heterocycles. The molecule has 4 heterocycles. The highest BCUT2D eigenvalue weighted by Crippen LogP contribution is 2.34. The van der Waals surface area contributed by atoms with Crippen LogP contribution < -0.4 is 15.0 Å². The van der Waals surface area contributed by atoms with Gasteiger partial charge in [0.25, 0.3) is 6.47 Å². The van der Waals surface area contributed by atoms with E-state index in [-0.39, 0.29) is 22.9 Å². The molecule has 11 heteroatoms. The first-order valence-corrected chi connectivity index (χ1v) is 12.3. The number of nitrogens with one attached hydrogen (secondary N) is 1. The van der Waals surface area contributed by atoms with Gasteiger partial charge in [0.2, 0.25) is 5.95 Å². The number of fused-ring (bicyclic) bond motifs is 1. The summed E-state index contributed by atoms with van der Waals surface area (Å²) in [5, 5.41) is 26.5. The Morgan fingerprint density at radius 1 is 1.13 bits per heavy atom. The van der Waals surface area contributed by atoms with Crippen LogP contribution in [-0.4, -0.2) is 60.4 Å². The van der Waals surface area contributed by atoms with Crippen LogP contribution in [0.15, 0.2) is 42.9 Å². The van der Waals surface area contributed by atoms with Gasteiger partial charge in [-0.2, -0.15) is 10.4 Å². The zero-order valence-corrected chi connectivity index (χ0v) is 22.0. The van der Waals surface area contributed by atoms with Crippen LogP contribution in [0.5, 0.6) is 5.75 Å². The number of benzene rings is 1. The van der Waals surface area contributed by atoms with Crippen LogP contribution >= 0.6 is 0 Å². The summed E-state index contributed by atoms with van der Waals surface area (Å²) in [7, 11) is 1.99. The second kappa shape index (κ2) is 9.46. The Balaban J connectivity index is 1.44. The number of carbonyl (C=O) groups excluding carboxylic acids is 1. The summed E-state index contributed by atoms with van der Waals surface area (Å²) >= 11 is 0. The minimum atomic E-state index is -0.0118. The fourth-order valence-electron chi connectivity index (χ4n) is 5.44.